The van der Waals surface area contributed by atoms with Gasteiger partial charge in [0.25, 0.3) is 0 Å². The van der Waals surface area contributed by atoms with Gasteiger partial charge in [-0.05, 0) is 26.3 Å². The normalized spacial score (nSPS) is 13.4. The Kier molecular flexibility index (Phi) is 3.82. The van der Waals surface area contributed by atoms with Gasteiger partial charge in [0.1, 0.15) is 0 Å². The average molecular weight is 202 g/mol. The predicted molar refractivity (Wildman–Crippen MR) is 48.9 cm³/mol. The van der Waals surface area contributed by atoms with Crippen LogP contribution in [0.2, 0.25) is 0 Å². The largest absolute Gasteiger partial charge is 0.481 e. The molecule has 0 saturated heterocycles. The third-order valence-electron chi connectivity index (χ3n) is 1.96. The number of aliphatic carboxylic acids is 2. The minimum Gasteiger partial charge on any atom is -0.481 e. The zero-order chi connectivity index (χ0) is 11.5. The summed E-state index contributed by atoms with van der Waals surface area (Å²) in [5.74, 6) is -2.54. The van der Waals surface area contributed by atoms with E-state index in [1.54, 1.807) is 0 Å². The van der Waals surface area contributed by atoms with Crippen LogP contribution in [-0.2, 0) is 9.59 Å². The van der Waals surface area contributed by atoms with Gasteiger partial charge in [0.05, 0.1) is 12.0 Å². The molecule has 0 aliphatic rings. The lowest BCUT2D eigenvalue weighted by atomic mass is 9.93. The van der Waals surface area contributed by atoms with Crippen LogP contribution in [0.5, 0.6) is 0 Å². The van der Waals surface area contributed by atoms with Crippen LogP contribution in [0.1, 0.15) is 27.2 Å². The van der Waals surface area contributed by atoms with Gasteiger partial charge in [-0.1, -0.05) is 0 Å². The Hall–Kier alpha value is -1.36. The molecule has 0 fully saturated rings. The molecule has 0 unspecified atom stereocenters. The molecule has 0 aliphatic heterocycles. The molecule has 0 aromatic rings. The van der Waals surface area contributed by atoms with Crippen LogP contribution in [0.3, 0.4) is 0 Å². The molecule has 0 aromatic heterocycles. The van der Waals surface area contributed by atoms with Crippen LogP contribution in [0.15, 0.2) is 11.1 Å². The number of rotatable bonds is 4. The third kappa shape index (κ3) is 3.57. The quantitative estimate of drug-likeness (QED) is 0.581. The molecule has 0 aromatic carbocycles. The number of carbonyl (C=O) groups is 2. The number of aliphatic hydroxyl groups is 1. The lowest BCUT2D eigenvalue weighted by molar-refractivity contribution is -0.139. The molecule has 80 valence electrons. The van der Waals surface area contributed by atoms with Crippen molar-refractivity contribution < 1.29 is 24.9 Å². The molecule has 0 atom stereocenters. The van der Waals surface area contributed by atoms with Crippen molar-refractivity contribution in [3.63, 3.8) is 0 Å². The van der Waals surface area contributed by atoms with Gasteiger partial charge in [0.2, 0.25) is 0 Å². The highest BCUT2D eigenvalue weighted by molar-refractivity contribution is 5.93. The summed E-state index contributed by atoms with van der Waals surface area (Å²) >= 11 is 0. The van der Waals surface area contributed by atoms with E-state index in [0.717, 1.165) is 0 Å². The number of hydrogen-bond acceptors (Lipinski definition) is 3. The van der Waals surface area contributed by atoms with Crippen molar-refractivity contribution in [1.82, 2.24) is 0 Å². The minimum atomic E-state index is -1.32. The van der Waals surface area contributed by atoms with E-state index < -0.39 is 24.0 Å². The van der Waals surface area contributed by atoms with Crippen LogP contribution in [-0.4, -0.2) is 32.9 Å². The first-order valence-electron chi connectivity index (χ1n) is 4.04. The molecule has 0 heterocycles. The second-order valence-corrected chi connectivity index (χ2v) is 3.54. The Bertz CT molecular complexity index is 282. The van der Waals surface area contributed by atoms with Gasteiger partial charge in [-0.15, -0.1) is 0 Å². The number of hydrogen-bond donors (Lipinski definition) is 3. The maximum atomic E-state index is 10.7. The molecule has 0 bridgehead atoms. The van der Waals surface area contributed by atoms with E-state index in [0.29, 0.717) is 0 Å². The highest BCUT2D eigenvalue weighted by atomic mass is 16.4. The standard InChI is InChI=1S/C9H14O5/c1-5(9(2,3)14)6(8(12)13)4-7(10)11/h14H,4H2,1-3H3,(H,10,11)(H,12,13). The van der Waals surface area contributed by atoms with Crippen molar-refractivity contribution >= 4 is 11.9 Å². The van der Waals surface area contributed by atoms with Crippen LogP contribution in [0, 0.1) is 0 Å². The van der Waals surface area contributed by atoms with E-state index >= 15 is 0 Å². The van der Waals surface area contributed by atoms with Crippen molar-refractivity contribution in [2.75, 3.05) is 0 Å². The highest BCUT2D eigenvalue weighted by Gasteiger charge is 2.24. The second kappa shape index (κ2) is 4.23. The van der Waals surface area contributed by atoms with Crippen molar-refractivity contribution in [3.8, 4) is 0 Å². The van der Waals surface area contributed by atoms with Crippen molar-refractivity contribution in [1.29, 1.82) is 0 Å². The Morgan fingerprint density at radius 1 is 1.21 bits per heavy atom. The Balaban J connectivity index is 5.17. The zero-order valence-corrected chi connectivity index (χ0v) is 8.37. The molecule has 0 rings (SSSR count). The summed E-state index contributed by atoms with van der Waals surface area (Å²) in [6.07, 6.45) is -0.592. The molecule has 14 heavy (non-hydrogen) atoms. The average Bonchev–Trinajstić information content (AvgIpc) is 1.96. The second-order valence-electron chi connectivity index (χ2n) is 3.54. The fourth-order valence-corrected chi connectivity index (χ4v) is 0.889. The molecule has 0 spiro atoms. The van der Waals surface area contributed by atoms with Gasteiger partial charge in [0.15, 0.2) is 0 Å². The topological polar surface area (TPSA) is 94.8 Å². The Labute approximate surface area is 81.7 Å². The van der Waals surface area contributed by atoms with E-state index in [-0.39, 0.29) is 11.1 Å². The zero-order valence-electron chi connectivity index (χ0n) is 8.37. The molecule has 5 nitrogen and oxygen atoms in total. The summed E-state index contributed by atoms with van der Waals surface area (Å²) < 4.78 is 0. The van der Waals surface area contributed by atoms with Gasteiger partial charge in [-0.25, -0.2) is 4.79 Å². The smallest absolute Gasteiger partial charge is 0.332 e. The van der Waals surface area contributed by atoms with Crippen LogP contribution >= 0.6 is 0 Å². The van der Waals surface area contributed by atoms with Gasteiger partial charge in [-0.3, -0.25) is 4.79 Å². The Morgan fingerprint density at radius 3 is 1.86 bits per heavy atom. The summed E-state index contributed by atoms with van der Waals surface area (Å²) in [5.41, 5.74) is -1.43. The molecule has 0 saturated carbocycles. The first-order valence-corrected chi connectivity index (χ1v) is 4.04. The fraction of sp³-hybridized carbons (Fsp3) is 0.556. The minimum absolute atomic E-state index is 0.160. The van der Waals surface area contributed by atoms with Crippen LogP contribution in [0.4, 0.5) is 0 Å². The first-order chi connectivity index (χ1) is 6.16. The lowest BCUT2D eigenvalue weighted by Gasteiger charge is -2.20. The van der Waals surface area contributed by atoms with E-state index in [2.05, 4.69) is 0 Å². The molecular weight excluding hydrogens is 188 g/mol. The number of carboxylic acids is 2. The van der Waals surface area contributed by atoms with Gasteiger partial charge in [-0.2, -0.15) is 0 Å². The van der Waals surface area contributed by atoms with Gasteiger partial charge in [0, 0.05) is 5.57 Å². The monoisotopic (exact) mass is 202 g/mol. The summed E-state index contributed by atoms with van der Waals surface area (Å²) in [6, 6.07) is 0. The van der Waals surface area contributed by atoms with Crippen LogP contribution < -0.4 is 0 Å². The molecule has 0 aliphatic carbocycles. The summed E-state index contributed by atoms with van der Waals surface area (Å²) in [6.45, 7) is 4.23. The lowest BCUT2D eigenvalue weighted by Crippen LogP contribution is -2.24. The highest BCUT2D eigenvalue weighted by Crippen LogP contribution is 2.21. The molecule has 0 radical (unpaired) electrons. The van der Waals surface area contributed by atoms with Crippen LogP contribution in [0.25, 0.3) is 0 Å². The first kappa shape index (κ1) is 12.6. The van der Waals surface area contributed by atoms with Gasteiger partial charge < -0.3 is 15.3 Å². The summed E-state index contributed by atoms with van der Waals surface area (Å²) in [4.78, 5) is 21.1. The Morgan fingerprint density at radius 2 is 1.64 bits per heavy atom. The van der Waals surface area contributed by atoms with Crippen molar-refractivity contribution in [3.05, 3.63) is 11.1 Å². The predicted octanol–water partition coefficient (Wildman–Crippen LogP) is 0.633. The van der Waals surface area contributed by atoms with Gasteiger partial charge >= 0.3 is 11.9 Å². The van der Waals surface area contributed by atoms with E-state index in [4.69, 9.17) is 10.2 Å². The maximum Gasteiger partial charge on any atom is 0.332 e. The van der Waals surface area contributed by atoms with Crippen molar-refractivity contribution in [2.45, 2.75) is 32.8 Å². The molecule has 3 N–H and O–H groups in total. The van der Waals surface area contributed by atoms with Crippen molar-refractivity contribution in [2.24, 2.45) is 0 Å². The summed E-state index contributed by atoms with van der Waals surface area (Å²) in [5, 5.41) is 26.7. The number of carboxylic acid groups (broad SMARTS) is 2. The third-order valence-corrected chi connectivity index (χ3v) is 1.96. The molecular formula is C9H14O5. The molecule has 0 amide bonds. The van der Waals surface area contributed by atoms with E-state index in [1.165, 1.54) is 20.8 Å². The van der Waals surface area contributed by atoms with E-state index in [1.807, 2.05) is 0 Å². The maximum absolute atomic E-state index is 10.7. The summed E-state index contributed by atoms with van der Waals surface area (Å²) in [7, 11) is 0. The van der Waals surface area contributed by atoms with E-state index in [9.17, 15) is 14.7 Å². The fourth-order valence-electron chi connectivity index (χ4n) is 0.889. The molecule has 5 heteroatoms. The SMILES string of the molecule is CC(=C(CC(=O)O)C(=O)O)C(C)(C)O.